The molecule has 1 aliphatic heterocycles. The third kappa shape index (κ3) is 3.65. The first-order valence-corrected chi connectivity index (χ1v) is 9.94. The number of carbonyl (C=O) groups is 2. The summed E-state index contributed by atoms with van der Waals surface area (Å²) in [6.07, 6.45) is 2.07. The first kappa shape index (κ1) is 19.2. The lowest BCUT2D eigenvalue weighted by atomic mass is 9.73. The summed E-state index contributed by atoms with van der Waals surface area (Å²) in [5.74, 6) is 0.0397. The molecule has 0 saturated carbocycles. The lowest BCUT2D eigenvalue weighted by Crippen LogP contribution is -2.42. The summed E-state index contributed by atoms with van der Waals surface area (Å²) < 4.78 is 5.56. The van der Waals surface area contributed by atoms with Crippen LogP contribution in [0.25, 0.3) is 10.9 Å². The Hall–Kier alpha value is -3.08. The molecule has 1 unspecified atom stereocenters. The smallest absolute Gasteiger partial charge is 0.410 e. The number of aromatic amines is 1. The molecule has 5 nitrogen and oxygen atoms in total. The number of hydrogen-bond acceptors (Lipinski definition) is 3. The summed E-state index contributed by atoms with van der Waals surface area (Å²) in [5, 5.41) is 1.00. The van der Waals surface area contributed by atoms with Gasteiger partial charge in [-0.25, -0.2) is 4.79 Å². The topological polar surface area (TPSA) is 62.4 Å². The number of rotatable bonds is 3. The molecule has 0 aliphatic carbocycles. The number of nitrogens with zero attached hydrogens (tertiary/aromatic N) is 1. The van der Waals surface area contributed by atoms with Crippen molar-refractivity contribution in [3.63, 3.8) is 0 Å². The number of hydrogen-bond donors (Lipinski definition) is 1. The standard InChI is InChI=1S/C24H26N2O3/c1-23(2,3)29-22(28)26-14-12-24(16-26,19-7-5-4-6-8-19)21(27)18-9-10-20-17(15-18)11-13-25-20/h4-11,13,15,25H,12,14,16H2,1-3H3. The van der Waals surface area contributed by atoms with E-state index >= 15 is 0 Å². The number of amides is 1. The minimum absolute atomic E-state index is 0.0397. The number of Topliss-reactive ketones (excluding diaryl/α,β-unsaturated/α-hetero) is 1. The van der Waals surface area contributed by atoms with Crippen LogP contribution in [0, 0.1) is 0 Å². The van der Waals surface area contributed by atoms with E-state index in [0.717, 1.165) is 16.5 Å². The third-order valence-electron chi connectivity index (χ3n) is 5.50. The first-order chi connectivity index (χ1) is 13.8. The van der Waals surface area contributed by atoms with Crippen molar-refractivity contribution in [1.29, 1.82) is 0 Å². The molecule has 1 amide bonds. The van der Waals surface area contributed by atoms with Gasteiger partial charge in [0.2, 0.25) is 0 Å². The monoisotopic (exact) mass is 390 g/mol. The normalized spacial score (nSPS) is 19.5. The minimum Gasteiger partial charge on any atom is -0.444 e. The third-order valence-corrected chi connectivity index (χ3v) is 5.50. The van der Waals surface area contributed by atoms with Crippen LogP contribution in [0.2, 0.25) is 0 Å². The molecule has 0 spiro atoms. The van der Waals surface area contributed by atoms with Crippen molar-refractivity contribution in [3.05, 3.63) is 71.9 Å². The highest BCUT2D eigenvalue weighted by atomic mass is 16.6. The van der Waals surface area contributed by atoms with Gasteiger partial charge < -0.3 is 14.6 Å². The number of benzene rings is 2. The number of fused-ring (bicyclic) bond motifs is 1. The molecule has 1 atom stereocenters. The summed E-state index contributed by atoms with van der Waals surface area (Å²) >= 11 is 0. The van der Waals surface area contributed by atoms with Gasteiger partial charge in [0.15, 0.2) is 5.78 Å². The fraction of sp³-hybridized carbons (Fsp3) is 0.333. The summed E-state index contributed by atoms with van der Waals surface area (Å²) in [6.45, 7) is 6.35. The number of aromatic nitrogens is 1. The highest BCUT2D eigenvalue weighted by molar-refractivity contribution is 6.07. The van der Waals surface area contributed by atoms with Crippen molar-refractivity contribution in [2.45, 2.75) is 38.2 Å². The second-order valence-corrected chi connectivity index (χ2v) is 8.71. The highest BCUT2D eigenvalue weighted by Gasteiger charge is 2.48. The second-order valence-electron chi connectivity index (χ2n) is 8.71. The fourth-order valence-electron chi connectivity index (χ4n) is 4.07. The van der Waals surface area contributed by atoms with Gasteiger partial charge in [0.25, 0.3) is 0 Å². The Bertz CT molecular complexity index is 1050. The van der Waals surface area contributed by atoms with Crippen LogP contribution < -0.4 is 0 Å². The van der Waals surface area contributed by atoms with Crippen molar-refractivity contribution in [3.8, 4) is 0 Å². The van der Waals surface area contributed by atoms with Crippen LogP contribution in [0.15, 0.2) is 60.8 Å². The van der Waals surface area contributed by atoms with Crippen molar-refractivity contribution >= 4 is 22.8 Å². The zero-order valence-electron chi connectivity index (χ0n) is 17.1. The van der Waals surface area contributed by atoms with E-state index in [-0.39, 0.29) is 11.9 Å². The van der Waals surface area contributed by atoms with Gasteiger partial charge in [-0.2, -0.15) is 0 Å². The van der Waals surface area contributed by atoms with E-state index in [1.54, 1.807) is 4.90 Å². The quantitative estimate of drug-likeness (QED) is 0.645. The first-order valence-electron chi connectivity index (χ1n) is 9.94. The largest absolute Gasteiger partial charge is 0.444 e. The fourth-order valence-corrected chi connectivity index (χ4v) is 4.07. The minimum atomic E-state index is -0.776. The average molecular weight is 390 g/mol. The van der Waals surface area contributed by atoms with Crippen LogP contribution in [-0.2, 0) is 10.2 Å². The second kappa shape index (κ2) is 7.07. The summed E-state index contributed by atoms with van der Waals surface area (Å²) in [6, 6.07) is 17.5. The molecule has 150 valence electrons. The Balaban J connectivity index is 1.71. The van der Waals surface area contributed by atoms with E-state index in [2.05, 4.69) is 4.98 Å². The van der Waals surface area contributed by atoms with Crippen LogP contribution in [0.5, 0.6) is 0 Å². The van der Waals surface area contributed by atoms with Gasteiger partial charge in [-0.15, -0.1) is 0 Å². The van der Waals surface area contributed by atoms with E-state index in [0.29, 0.717) is 25.1 Å². The molecule has 4 rings (SSSR count). The van der Waals surface area contributed by atoms with Crippen molar-refractivity contribution in [2.75, 3.05) is 13.1 Å². The zero-order chi connectivity index (χ0) is 20.6. The molecule has 0 bridgehead atoms. The Morgan fingerprint density at radius 3 is 2.55 bits per heavy atom. The highest BCUT2D eigenvalue weighted by Crippen LogP contribution is 2.38. The maximum Gasteiger partial charge on any atom is 0.410 e. The van der Waals surface area contributed by atoms with Gasteiger partial charge in [-0.1, -0.05) is 30.3 Å². The number of H-pyrrole nitrogens is 1. The van der Waals surface area contributed by atoms with Gasteiger partial charge in [0, 0.05) is 35.8 Å². The van der Waals surface area contributed by atoms with Crippen molar-refractivity contribution in [2.24, 2.45) is 0 Å². The molecule has 2 heterocycles. The molecule has 1 aromatic heterocycles. The molecule has 5 heteroatoms. The summed E-state index contributed by atoms with van der Waals surface area (Å²) in [4.78, 5) is 31.3. The number of carbonyl (C=O) groups excluding carboxylic acids is 2. The number of likely N-dealkylation sites (tertiary alicyclic amines) is 1. The summed E-state index contributed by atoms with van der Waals surface area (Å²) in [7, 11) is 0. The van der Waals surface area contributed by atoms with Crippen LogP contribution in [0.4, 0.5) is 4.79 Å². The van der Waals surface area contributed by atoms with Gasteiger partial charge in [0.05, 0.1) is 5.41 Å². The van der Waals surface area contributed by atoms with Crippen molar-refractivity contribution < 1.29 is 14.3 Å². The van der Waals surface area contributed by atoms with Crippen LogP contribution in [-0.4, -0.2) is 40.5 Å². The van der Waals surface area contributed by atoms with Gasteiger partial charge in [-0.05, 0) is 57.0 Å². The Kier molecular flexibility index (Phi) is 4.69. The Morgan fingerprint density at radius 2 is 1.83 bits per heavy atom. The predicted octanol–water partition coefficient (Wildman–Crippen LogP) is 4.93. The number of ether oxygens (including phenoxy) is 1. The summed E-state index contributed by atoms with van der Waals surface area (Å²) in [5.41, 5.74) is 1.25. The molecule has 29 heavy (non-hydrogen) atoms. The molecular weight excluding hydrogens is 364 g/mol. The van der Waals surface area contributed by atoms with E-state index in [9.17, 15) is 9.59 Å². The number of nitrogens with one attached hydrogen (secondary N) is 1. The van der Waals surface area contributed by atoms with E-state index in [4.69, 9.17) is 4.74 Å². The van der Waals surface area contributed by atoms with Gasteiger partial charge in [0.1, 0.15) is 5.60 Å². The van der Waals surface area contributed by atoms with Crippen molar-refractivity contribution in [1.82, 2.24) is 9.88 Å². The molecule has 2 aromatic carbocycles. The molecule has 1 fully saturated rings. The van der Waals surface area contributed by atoms with Crippen LogP contribution >= 0.6 is 0 Å². The zero-order valence-corrected chi connectivity index (χ0v) is 17.1. The lowest BCUT2D eigenvalue weighted by molar-refractivity contribution is 0.0285. The average Bonchev–Trinajstić information content (AvgIpc) is 3.34. The number of ketones is 1. The Morgan fingerprint density at radius 1 is 1.07 bits per heavy atom. The van der Waals surface area contributed by atoms with Crippen LogP contribution in [0.1, 0.15) is 43.1 Å². The van der Waals surface area contributed by atoms with Gasteiger partial charge >= 0.3 is 6.09 Å². The Labute approximate surface area is 170 Å². The molecule has 0 radical (unpaired) electrons. The van der Waals surface area contributed by atoms with E-state index in [1.165, 1.54) is 0 Å². The molecular formula is C24H26N2O3. The molecule has 1 saturated heterocycles. The molecule has 3 aromatic rings. The molecule has 1 N–H and O–H groups in total. The molecule has 1 aliphatic rings. The van der Waals surface area contributed by atoms with Crippen LogP contribution in [0.3, 0.4) is 0 Å². The van der Waals surface area contributed by atoms with Gasteiger partial charge in [-0.3, -0.25) is 4.79 Å². The maximum atomic E-state index is 13.8. The SMILES string of the molecule is CC(C)(C)OC(=O)N1CCC(C(=O)c2ccc3[nH]ccc3c2)(c2ccccc2)C1. The van der Waals surface area contributed by atoms with E-state index in [1.807, 2.05) is 81.6 Å². The predicted molar refractivity (Wildman–Crippen MR) is 113 cm³/mol. The lowest BCUT2D eigenvalue weighted by Gasteiger charge is -2.29. The maximum absolute atomic E-state index is 13.8. The van der Waals surface area contributed by atoms with E-state index < -0.39 is 11.0 Å².